The van der Waals surface area contributed by atoms with Crippen LogP contribution in [0.4, 0.5) is 0 Å². The Kier molecular flexibility index (Phi) is 5.96. The minimum Gasteiger partial charge on any atom is -0.370 e. The maximum atomic E-state index is 11.7. The lowest BCUT2D eigenvalue weighted by atomic mass is 10.3. The molecule has 1 heterocycles. The molecule has 0 aliphatic carbocycles. The van der Waals surface area contributed by atoms with Gasteiger partial charge in [-0.15, -0.1) is 11.3 Å². The second kappa shape index (κ2) is 7.02. The molecule has 1 rings (SSSR count). The predicted octanol–water partition coefficient (Wildman–Crippen LogP) is 0.779. The molecule has 0 saturated carbocycles. The summed E-state index contributed by atoms with van der Waals surface area (Å²) < 4.78 is 23.4. The molecule has 7 heteroatoms. The average molecular weight is 304 g/mol. The van der Waals surface area contributed by atoms with Gasteiger partial charge in [0.25, 0.3) is 0 Å². The number of hydrogen-bond acceptors (Lipinski definition) is 5. The second-order valence-electron chi connectivity index (χ2n) is 4.63. The lowest BCUT2D eigenvalue weighted by Crippen LogP contribution is -2.27. The zero-order valence-corrected chi connectivity index (χ0v) is 12.9. The SMILES string of the molecule is Cc1ccsc1CN(C)CCS(=O)(=O)CCC(N)=O. The summed E-state index contributed by atoms with van der Waals surface area (Å²) in [4.78, 5) is 13.8. The van der Waals surface area contributed by atoms with Gasteiger partial charge in [-0.05, 0) is 31.0 Å². The van der Waals surface area contributed by atoms with Crippen LogP contribution >= 0.6 is 11.3 Å². The Morgan fingerprint density at radius 1 is 1.42 bits per heavy atom. The summed E-state index contributed by atoms with van der Waals surface area (Å²) in [6.45, 7) is 3.25. The van der Waals surface area contributed by atoms with Crippen LogP contribution in [-0.4, -0.2) is 44.3 Å². The van der Waals surface area contributed by atoms with E-state index in [1.54, 1.807) is 11.3 Å². The van der Waals surface area contributed by atoms with Crippen molar-refractivity contribution in [2.24, 2.45) is 5.73 Å². The standard InChI is InChI=1S/C12H20N2O3S2/c1-10-3-6-18-11(10)9-14(2)5-8-19(16,17)7-4-12(13)15/h3,6H,4-5,7-9H2,1-2H3,(H2,13,15). The van der Waals surface area contributed by atoms with E-state index in [9.17, 15) is 13.2 Å². The maximum Gasteiger partial charge on any atom is 0.218 e. The van der Waals surface area contributed by atoms with Crippen molar-refractivity contribution in [2.75, 3.05) is 25.1 Å². The Morgan fingerprint density at radius 2 is 2.11 bits per heavy atom. The van der Waals surface area contributed by atoms with E-state index in [1.807, 2.05) is 24.3 Å². The van der Waals surface area contributed by atoms with Gasteiger partial charge in [-0.1, -0.05) is 0 Å². The molecule has 0 aromatic carbocycles. The highest BCUT2D eigenvalue weighted by Crippen LogP contribution is 2.17. The highest BCUT2D eigenvalue weighted by atomic mass is 32.2. The van der Waals surface area contributed by atoms with Crippen LogP contribution in [0, 0.1) is 6.92 Å². The summed E-state index contributed by atoms with van der Waals surface area (Å²) in [5.41, 5.74) is 6.18. The van der Waals surface area contributed by atoms with Gasteiger partial charge in [0.1, 0.15) is 0 Å². The van der Waals surface area contributed by atoms with Crippen LogP contribution in [0.2, 0.25) is 0 Å². The molecule has 1 aromatic rings. The first-order valence-electron chi connectivity index (χ1n) is 6.00. The molecule has 1 amide bonds. The monoisotopic (exact) mass is 304 g/mol. The molecular formula is C12H20N2O3S2. The summed E-state index contributed by atoms with van der Waals surface area (Å²) in [5, 5.41) is 2.03. The highest BCUT2D eigenvalue weighted by Gasteiger charge is 2.14. The van der Waals surface area contributed by atoms with Crippen molar-refractivity contribution in [1.82, 2.24) is 4.90 Å². The van der Waals surface area contributed by atoms with Gasteiger partial charge in [-0.2, -0.15) is 0 Å². The van der Waals surface area contributed by atoms with Crippen molar-refractivity contribution >= 4 is 27.1 Å². The van der Waals surface area contributed by atoms with Crippen LogP contribution in [-0.2, 0) is 21.2 Å². The first-order chi connectivity index (χ1) is 8.80. The lowest BCUT2D eigenvalue weighted by molar-refractivity contribution is -0.117. The second-order valence-corrected chi connectivity index (χ2v) is 7.94. The van der Waals surface area contributed by atoms with Crippen LogP contribution in [0.3, 0.4) is 0 Å². The van der Waals surface area contributed by atoms with Crippen molar-refractivity contribution in [3.63, 3.8) is 0 Å². The Morgan fingerprint density at radius 3 is 2.63 bits per heavy atom. The fourth-order valence-electron chi connectivity index (χ4n) is 1.54. The number of carbonyl (C=O) groups excluding carboxylic acids is 1. The minimum atomic E-state index is -3.20. The molecular weight excluding hydrogens is 284 g/mol. The molecule has 1 aromatic heterocycles. The zero-order chi connectivity index (χ0) is 14.5. The number of primary amides is 1. The van der Waals surface area contributed by atoms with E-state index in [0.29, 0.717) is 6.54 Å². The quantitative estimate of drug-likeness (QED) is 0.769. The number of nitrogens with two attached hydrogens (primary N) is 1. The third-order valence-corrected chi connectivity index (χ3v) is 5.46. The predicted molar refractivity (Wildman–Crippen MR) is 77.9 cm³/mol. The van der Waals surface area contributed by atoms with Gasteiger partial charge >= 0.3 is 0 Å². The minimum absolute atomic E-state index is 0.0567. The van der Waals surface area contributed by atoms with Gasteiger partial charge in [0.15, 0.2) is 9.84 Å². The summed E-state index contributed by atoms with van der Waals surface area (Å²) in [6.07, 6.45) is -0.101. The Hall–Kier alpha value is -0.920. The smallest absolute Gasteiger partial charge is 0.218 e. The molecule has 2 N–H and O–H groups in total. The van der Waals surface area contributed by atoms with Crippen molar-refractivity contribution in [3.05, 3.63) is 21.9 Å². The lowest BCUT2D eigenvalue weighted by Gasteiger charge is -2.16. The number of aryl methyl sites for hydroxylation is 1. The van der Waals surface area contributed by atoms with Gasteiger partial charge in [-0.3, -0.25) is 4.79 Å². The molecule has 108 valence electrons. The van der Waals surface area contributed by atoms with Crippen molar-refractivity contribution in [1.29, 1.82) is 0 Å². The van der Waals surface area contributed by atoms with E-state index >= 15 is 0 Å². The zero-order valence-electron chi connectivity index (χ0n) is 11.3. The molecule has 0 aliphatic rings. The number of rotatable bonds is 8. The molecule has 0 atom stereocenters. The molecule has 0 fully saturated rings. The fourth-order valence-corrected chi connectivity index (χ4v) is 3.83. The fraction of sp³-hybridized carbons (Fsp3) is 0.583. The first-order valence-corrected chi connectivity index (χ1v) is 8.70. The molecule has 0 bridgehead atoms. The maximum absolute atomic E-state index is 11.7. The molecule has 0 aliphatic heterocycles. The van der Waals surface area contributed by atoms with Crippen LogP contribution in [0.5, 0.6) is 0 Å². The average Bonchev–Trinajstić information content (AvgIpc) is 2.70. The van der Waals surface area contributed by atoms with Crippen LogP contribution in [0.25, 0.3) is 0 Å². The largest absolute Gasteiger partial charge is 0.370 e. The van der Waals surface area contributed by atoms with Gasteiger partial charge in [-0.25, -0.2) is 8.42 Å². The Balaban J connectivity index is 2.39. The van der Waals surface area contributed by atoms with Crippen molar-refractivity contribution < 1.29 is 13.2 Å². The number of sulfone groups is 1. The van der Waals surface area contributed by atoms with E-state index in [4.69, 9.17) is 5.73 Å². The van der Waals surface area contributed by atoms with E-state index in [1.165, 1.54) is 10.4 Å². The van der Waals surface area contributed by atoms with E-state index < -0.39 is 15.7 Å². The normalized spacial score (nSPS) is 11.9. The Labute approximate surface area is 118 Å². The summed E-state index contributed by atoms with van der Waals surface area (Å²) in [6, 6.07) is 2.05. The molecule has 0 saturated heterocycles. The number of thiophene rings is 1. The highest BCUT2D eigenvalue weighted by molar-refractivity contribution is 7.91. The van der Waals surface area contributed by atoms with E-state index in [2.05, 4.69) is 6.07 Å². The topological polar surface area (TPSA) is 80.5 Å². The summed E-state index contributed by atoms with van der Waals surface area (Å²) >= 11 is 1.67. The van der Waals surface area contributed by atoms with E-state index in [-0.39, 0.29) is 17.9 Å². The van der Waals surface area contributed by atoms with Crippen LogP contribution in [0.15, 0.2) is 11.4 Å². The van der Waals surface area contributed by atoms with Crippen molar-refractivity contribution in [2.45, 2.75) is 19.9 Å². The first kappa shape index (κ1) is 16.1. The van der Waals surface area contributed by atoms with Gasteiger partial charge in [0.2, 0.25) is 5.91 Å². The van der Waals surface area contributed by atoms with Crippen molar-refractivity contribution in [3.8, 4) is 0 Å². The van der Waals surface area contributed by atoms with Gasteiger partial charge < -0.3 is 10.6 Å². The summed E-state index contributed by atoms with van der Waals surface area (Å²) in [7, 11) is -1.31. The molecule has 0 radical (unpaired) electrons. The molecule has 0 spiro atoms. The molecule has 0 unspecified atom stereocenters. The number of hydrogen-bond donors (Lipinski definition) is 1. The van der Waals surface area contributed by atoms with E-state index in [0.717, 1.165) is 6.54 Å². The number of nitrogens with zero attached hydrogens (tertiary/aromatic N) is 1. The molecule has 19 heavy (non-hydrogen) atoms. The van der Waals surface area contributed by atoms with Gasteiger partial charge in [0.05, 0.1) is 11.5 Å². The van der Waals surface area contributed by atoms with Gasteiger partial charge in [0, 0.05) is 24.4 Å². The summed E-state index contributed by atoms with van der Waals surface area (Å²) in [5.74, 6) is -0.679. The molecule has 5 nitrogen and oxygen atoms in total. The Bertz CT molecular complexity index is 523. The van der Waals surface area contributed by atoms with Crippen LogP contribution < -0.4 is 5.73 Å². The number of amides is 1. The third kappa shape index (κ3) is 6.17. The third-order valence-electron chi connectivity index (χ3n) is 2.83. The number of carbonyl (C=O) groups is 1. The van der Waals surface area contributed by atoms with Crippen LogP contribution in [0.1, 0.15) is 16.9 Å².